The smallest absolute Gasteiger partial charge is 0.271 e. The molecule has 0 aliphatic carbocycles. The van der Waals surface area contributed by atoms with Crippen LogP contribution in [0.2, 0.25) is 0 Å². The number of hydrogen-bond acceptors (Lipinski definition) is 2. The van der Waals surface area contributed by atoms with Gasteiger partial charge >= 0.3 is 6.18 Å². The van der Waals surface area contributed by atoms with Crippen LogP contribution in [0, 0.1) is 0 Å². The van der Waals surface area contributed by atoms with Crippen molar-refractivity contribution in [3.8, 4) is 0 Å². The molecule has 0 saturated carbocycles. The Morgan fingerprint density at radius 1 is 1.24 bits per heavy atom. The average Bonchev–Trinajstić information content (AvgIpc) is 2.29. The maximum Gasteiger partial charge on any atom is 0.389 e. The standard InChI is InChI=1S/C12H17F3N2/c1-2-9-3-5-10(6-4-9)11(17-16)7-8-12(13,14)15/h3-6,11,17H,2,7-8,16H2,1H3. The van der Waals surface area contributed by atoms with E-state index in [2.05, 4.69) is 5.43 Å². The Kier molecular flexibility index (Phi) is 4.96. The number of hydrazine groups is 1. The van der Waals surface area contributed by atoms with Crippen molar-refractivity contribution in [2.75, 3.05) is 0 Å². The molecule has 0 aliphatic heterocycles. The summed E-state index contributed by atoms with van der Waals surface area (Å²) in [5.41, 5.74) is 4.37. The molecule has 0 bridgehead atoms. The highest BCUT2D eigenvalue weighted by Gasteiger charge is 2.28. The molecule has 1 aromatic rings. The van der Waals surface area contributed by atoms with E-state index >= 15 is 0 Å². The van der Waals surface area contributed by atoms with Crippen LogP contribution in [-0.4, -0.2) is 6.18 Å². The molecular weight excluding hydrogens is 229 g/mol. The maximum atomic E-state index is 12.1. The Hall–Kier alpha value is -1.07. The summed E-state index contributed by atoms with van der Waals surface area (Å²) < 4.78 is 36.4. The van der Waals surface area contributed by atoms with Gasteiger partial charge in [-0.1, -0.05) is 31.2 Å². The van der Waals surface area contributed by atoms with Crippen molar-refractivity contribution in [3.05, 3.63) is 35.4 Å². The first-order valence-electron chi connectivity index (χ1n) is 5.58. The van der Waals surface area contributed by atoms with E-state index in [-0.39, 0.29) is 6.42 Å². The highest BCUT2D eigenvalue weighted by Crippen LogP contribution is 2.27. The first-order chi connectivity index (χ1) is 7.96. The van der Waals surface area contributed by atoms with Crippen LogP contribution in [0.15, 0.2) is 24.3 Å². The minimum absolute atomic E-state index is 0.0501. The number of hydrogen-bond donors (Lipinski definition) is 2. The summed E-state index contributed by atoms with van der Waals surface area (Å²) >= 11 is 0. The van der Waals surface area contributed by atoms with E-state index in [9.17, 15) is 13.2 Å². The molecule has 1 aromatic carbocycles. The largest absolute Gasteiger partial charge is 0.389 e. The number of aryl methyl sites for hydroxylation is 1. The molecule has 1 unspecified atom stereocenters. The van der Waals surface area contributed by atoms with E-state index in [0.29, 0.717) is 0 Å². The fourth-order valence-corrected chi connectivity index (χ4v) is 1.64. The van der Waals surface area contributed by atoms with Gasteiger partial charge < -0.3 is 0 Å². The van der Waals surface area contributed by atoms with Gasteiger partial charge in [-0.15, -0.1) is 0 Å². The van der Waals surface area contributed by atoms with Gasteiger partial charge in [-0.3, -0.25) is 11.3 Å². The van der Waals surface area contributed by atoms with Gasteiger partial charge in [-0.25, -0.2) is 0 Å². The monoisotopic (exact) mass is 246 g/mol. The van der Waals surface area contributed by atoms with Crippen LogP contribution >= 0.6 is 0 Å². The molecule has 5 heteroatoms. The Bertz CT molecular complexity index is 333. The molecule has 96 valence electrons. The molecule has 1 rings (SSSR count). The first kappa shape index (κ1) is 14.0. The number of nitrogens with two attached hydrogens (primary N) is 1. The molecule has 1 atom stereocenters. The van der Waals surface area contributed by atoms with Gasteiger partial charge in [0, 0.05) is 12.5 Å². The molecule has 17 heavy (non-hydrogen) atoms. The zero-order valence-corrected chi connectivity index (χ0v) is 9.72. The minimum atomic E-state index is -4.14. The van der Waals surface area contributed by atoms with Crippen LogP contribution in [0.25, 0.3) is 0 Å². The van der Waals surface area contributed by atoms with E-state index in [4.69, 9.17) is 5.84 Å². The molecule has 0 saturated heterocycles. The lowest BCUT2D eigenvalue weighted by Gasteiger charge is -2.17. The molecule has 0 fully saturated rings. The predicted molar refractivity (Wildman–Crippen MR) is 61.2 cm³/mol. The SMILES string of the molecule is CCc1ccc(C(CCC(F)(F)F)NN)cc1. The first-order valence-corrected chi connectivity index (χ1v) is 5.58. The van der Waals surface area contributed by atoms with Gasteiger partial charge in [0.1, 0.15) is 0 Å². The topological polar surface area (TPSA) is 38.0 Å². The van der Waals surface area contributed by atoms with Gasteiger partial charge in [0.15, 0.2) is 0 Å². The molecule has 3 N–H and O–H groups in total. The van der Waals surface area contributed by atoms with E-state index in [1.165, 1.54) is 0 Å². The van der Waals surface area contributed by atoms with E-state index < -0.39 is 18.6 Å². The van der Waals surface area contributed by atoms with Crippen molar-refractivity contribution in [2.24, 2.45) is 5.84 Å². The molecule has 0 heterocycles. The highest BCUT2D eigenvalue weighted by atomic mass is 19.4. The summed E-state index contributed by atoms with van der Waals surface area (Å²) in [6, 6.07) is 7.00. The minimum Gasteiger partial charge on any atom is -0.271 e. The predicted octanol–water partition coefficient (Wildman–Crippen LogP) is 3.10. The average molecular weight is 246 g/mol. The number of alkyl halides is 3. The summed E-state index contributed by atoms with van der Waals surface area (Å²) in [4.78, 5) is 0. The van der Waals surface area contributed by atoms with E-state index in [1.54, 1.807) is 0 Å². The van der Waals surface area contributed by atoms with Crippen LogP contribution in [0.4, 0.5) is 13.2 Å². The Morgan fingerprint density at radius 3 is 2.24 bits per heavy atom. The number of rotatable bonds is 5. The van der Waals surface area contributed by atoms with Crippen molar-refractivity contribution in [1.82, 2.24) is 5.43 Å². The quantitative estimate of drug-likeness (QED) is 0.619. The van der Waals surface area contributed by atoms with Gasteiger partial charge in [-0.05, 0) is 24.0 Å². The van der Waals surface area contributed by atoms with Crippen molar-refractivity contribution in [3.63, 3.8) is 0 Å². The van der Waals surface area contributed by atoms with Crippen LogP contribution in [0.1, 0.15) is 36.9 Å². The molecule has 0 radical (unpaired) electrons. The van der Waals surface area contributed by atoms with Crippen LogP contribution in [-0.2, 0) is 6.42 Å². The molecule has 2 nitrogen and oxygen atoms in total. The lowest BCUT2D eigenvalue weighted by atomic mass is 10.0. The normalized spacial score (nSPS) is 13.7. The highest BCUT2D eigenvalue weighted by molar-refractivity contribution is 5.24. The Labute approximate surface area is 99.0 Å². The second-order valence-corrected chi connectivity index (χ2v) is 3.97. The molecule has 0 amide bonds. The van der Waals surface area contributed by atoms with Crippen molar-refractivity contribution in [1.29, 1.82) is 0 Å². The second kappa shape index (κ2) is 6.02. The lowest BCUT2D eigenvalue weighted by Crippen LogP contribution is -2.29. The number of nitrogens with one attached hydrogen (secondary N) is 1. The molecule has 0 spiro atoms. The maximum absolute atomic E-state index is 12.1. The van der Waals surface area contributed by atoms with Crippen LogP contribution in [0.5, 0.6) is 0 Å². The molecular formula is C12H17F3N2. The summed E-state index contributed by atoms with van der Waals surface area (Å²) in [5.74, 6) is 5.29. The van der Waals surface area contributed by atoms with Gasteiger partial charge in [0.2, 0.25) is 0 Å². The molecule has 0 aromatic heterocycles. The zero-order chi connectivity index (χ0) is 12.9. The second-order valence-electron chi connectivity index (χ2n) is 3.97. The van der Waals surface area contributed by atoms with Crippen molar-refractivity contribution < 1.29 is 13.2 Å². The van der Waals surface area contributed by atoms with Crippen LogP contribution < -0.4 is 11.3 Å². The number of halogens is 3. The van der Waals surface area contributed by atoms with E-state index in [0.717, 1.165) is 17.5 Å². The van der Waals surface area contributed by atoms with Gasteiger partial charge in [0.05, 0.1) is 0 Å². The summed E-state index contributed by atoms with van der Waals surface area (Å²) in [6.45, 7) is 2.03. The number of benzene rings is 1. The summed E-state index contributed by atoms with van der Waals surface area (Å²) in [5, 5.41) is 0. The third kappa shape index (κ3) is 4.75. The Morgan fingerprint density at radius 2 is 1.82 bits per heavy atom. The van der Waals surface area contributed by atoms with E-state index in [1.807, 2.05) is 31.2 Å². The van der Waals surface area contributed by atoms with Gasteiger partial charge in [-0.2, -0.15) is 13.2 Å². The third-order valence-electron chi connectivity index (χ3n) is 2.71. The third-order valence-corrected chi connectivity index (χ3v) is 2.71. The fourth-order valence-electron chi connectivity index (χ4n) is 1.64. The summed E-state index contributed by atoms with van der Waals surface area (Å²) in [6.07, 6.45) is -4.12. The van der Waals surface area contributed by atoms with Crippen LogP contribution in [0.3, 0.4) is 0 Å². The Balaban J connectivity index is 2.66. The lowest BCUT2D eigenvalue weighted by molar-refractivity contribution is -0.136. The zero-order valence-electron chi connectivity index (χ0n) is 9.72. The van der Waals surface area contributed by atoms with Gasteiger partial charge in [0.25, 0.3) is 0 Å². The van der Waals surface area contributed by atoms with Crippen molar-refractivity contribution >= 4 is 0 Å². The molecule has 0 aliphatic rings. The van der Waals surface area contributed by atoms with Crippen molar-refractivity contribution in [2.45, 2.75) is 38.4 Å². The summed E-state index contributed by atoms with van der Waals surface area (Å²) in [7, 11) is 0. The fraction of sp³-hybridized carbons (Fsp3) is 0.500.